The summed E-state index contributed by atoms with van der Waals surface area (Å²) in [6, 6.07) is 22.6. The van der Waals surface area contributed by atoms with Crippen molar-refractivity contribution < 1.29 is 9.59 Å². The molecule has 1 aromatic heterocycles. The van der Waals surface area contributed by atoms with Crippen molar-refractivity contribution in [3.8, 4) is 0 Å². The van der Waals surface area contributed by atoms with Crippen LogP contribution in [0.2, 0.25) is 0 Å². The summed E-state index contributed by atoms with van der Waals surface area (Å²) in [7, 11) is 0. The number of aromatic nitrogens is 1. The minimum Gasteiger partial charge on any atom is -0.399 e. The van der Waals surface area contributed by atoms with E-state index >= 15 is 0 Å². The number of nitrogens with two attached hydrogens (primary N) is 2. The van der Waals surface area contributed by atoms with E-state index in [1.807, 2.05) is 24.3 Å². The van der Waals surface area contributed by atoms with Gasteiger partial charge in [0.2, 0.25) is 11.8 Å². The van der Waals surface area contributed by atoms with Crippen LogP contribution in [0, 0.1) is 11.8 Å². The van der Waals surface area contributed by atoms with Crippen molar-refractivity contribution >= 4 is 23.2 Å². The number of anilines is 2. The molecule has 49 heavy (non-hydrogen) atoms. The number of benzene rings is 2. The lowest BCUT2D eigenvalue weighted by molar-refractivity contribution is -0.134. The van der Waals surface area contributed by atoms with Gasteiger partial charge in [0.1, 0.15) is 0 Å². The van der Waals surface area contributed by atoms with Crippen molar-refractivity contribution in [3.05, 3.63) is 89.2 Å². The van der Waals surface area contributed by atoms with Gasteiger partial charge in [0.25, 0.3) is 0 Å². The largest absolute Gasteiger partial charge is 0.399 e. The zero-order chi connectivity index (χ0) is 34.0. The smallest absolute Gasteiger partial charge is 0.236 e. The van der Waals surface area contributed by atoms with Gasteiger partial charge >= 0.3 is 0 Å². The van der Waals surface area contributed by atoms with E-state index in [-0.39, 0.29) is 11.8 Å². The molecule has 4 heterocycles. The van der Waals surface area contributed by atoms with Crippen molar-refractivity contribution in [2.45, 2.75) is 70.9 Å². The van der Waals surface area contributed by atoms with Crippen LogP contribution in [-0.2, 0) is 35.5 Å². The highest BCUT2D eigenvalue weighted by Gasteiger charge is 2.26. The summed E-state index contributed by atoms with van der Waals surface area (Å²) in [6.45, 7) is 7.26. The van der Waals surface area contributed by atoms with E-state index in [1.54, 1.807) is 0 Å². The maximum atomic E-state index is 13.5. The standard InChI is InChI=1S/C40H55N7O2/c41-35-11-7-31(8-12-35)25-33-15-21-46(22-16-33)39(48)29-44-19-2-1-3-20-45(28-38-6-4-5-37(27-44)43-38)30-40(49)47-23-17-34(18-24-47)26-32-9-13-36(42)14-10-32/h4-14,33-34H,1-3,15-30,41-42H2. The summed E-state index contributed by atoms with van der Waals surface area (Å²) in [4.78, 5) is 40.6. The van der Waals surface area contributed by atoms with E-state index in [9.17, 15) is 9.59 Å². The van der Waals surface area contributed by atoms with Crippen LogP contribution in [0.15, 0.2) is 66.7 Å². The Bertz CT molecular complexity index is 1390. The molecule has 0 saturated carbocycles. The number of carbonyl (C=O) groups is 2. The zero-order valence-electron chi connectivity index (χ0n) is 29.1. The van der Waals surface area contributed by atoms with Crippen LogP contribution in [0.3, 0.4) is 0 Å². The quantitative estimate of drug-likeness (QED) is 0.326. The molecule has 9 heteroatoms. The average Bonchev–Trinajstić information content (AvgIpc) is 3.10. The van der Waals surface area contributed by atoms with Gasteiger partial charge in [-0.05, 0) is 124 Å². The molecule has 2 fully saturated rings. The predicted octanol–water partition coefficient (Wildman–Crippen LogP) is 5.00. The molecule has 2 bridgehead atoms. The van der Waals surface area contributed by atoms with Crippen LogP contribution in [-0.4, -0.2) is 88.8 Å². The maximum absolute atomic E-state index is 13.5. The van der Waals surface area contributed by atoms with Gasteiger partial charge in [0.15, 0.2) is 0 Å². The van der Waals surface area contributed by atoms with Gasteiger partial charge in [-0.2, -0.15) is 0 Å². The SMILES string of the molecule is Nc1ccc(CC2CCN(C(=O)CN3CCCCCN(CC(=O)N4CCC(Cc5ccc(N)cc5)CC4)Cc4cccc(n4)C3)CC2)cc1. The van der Waals surface area contributed by atoms with E-state index in [4.69, 9.17) is 16.5 Å². The minimum atomic E-state index is 0.230. The topological polar surface area (TPSA) is 112 Å². The van der Waals surface area contributed by atoms with E-state index in [0.717, 1.165) is 120 Å². The van der Waals surface area contributed by atoms with Crippen LogP contribution in [0.25, 0.3) is 0 Å². The Labute approximate surface area is 292 Å². The summed E-state index contributed by atoms with van der Waals surface area (Å²) in [5, 5.41) is 0. The molecule has 0 spiro atoms. The summed E-state index contributed by atoms with van der Waals surface area (Å²) in [6.07, 6.45) is 9.40. The summed E-state index contributed by atoms with van der Waals surface area (Å²) >= 11 is 0. The molecule has 0 aliphatic carbocycles. The van der Waals surface area contributed by atoms with Crippen molar-refractivity contribution in [1.82, 2.24) is 24.6 Å². The molecule has 2 aromatic carbocycles. The van der Waals surface area contributed by atoms with Crippen molar-refractivity contribution in [3.63, 3.8) is 0 Å². The van der Waals surface area contributed by atoms with Crippen LogP contribution >= 0.6 is 0 Å². The Hall–Kier alpha value is -3.95. The lowest BCUT2D eigenvalue weighted by atomic mass is 9.90. The Balaban J connectivity index is 0.973. The van der Waals surface area contributed by atoms with Gasteiger partial charge in [-0.15, -0.1) is 0 Å². The normalized spacial score (nSPS) is 19.3. The van der Waals surface area contributed by atoms with Crippen LogP contribution in [0.4, 0.5) is 11.4 Å². The summed E-state index contributed by atoms with van der Waals surface area (Å²) < 4.78 is 0. The summed E-state index contributed by atoms with van der Waals surface area (Å²) in [5.41, 5.74) is 17.9. The fourth-order valence-corrected chi connectivity index (χ4v) is 7.77. The molecule has 0 unspecified atom stereocenters. The minimum absolute atomic E-state index is 0.230. The average molecular weight is 666 g/mol. The number of likely N-dealkylation sites (tertiary alicyclic amines) is 2. The highest BCUT2D eigenvalue weighted by atomic mass is 16.2. The Morgan fingerprint density at radius 1 is 0.571 bits per heavy atom. The van der Waals surface area contributed by atoms with Gasteiger partial charge in [-0.1, -0.05) is 36.8 Å². The van der Waals surface area contributed by atoms with Crippen LogP contribution in [0.1, 0.15) is 67.5 Å². The van der Waals surface area contributed by atoms with E-state index in [1.165, 1.54) is 11.1 Å². The molecule has 6 rings (SSSR count). The third-order valence-corrected chi connectivity index (χ3v) is 10.7. The fraction of sp³-hybridized carbons (Fsp3) is 0.525. The summed E-state index contributed by atoms with van der Waals surface area (Å²) in [5.74, 6) is 1.67. The second kappa shape index (κ2) is 17.1. The number of carbonyl (C=O) groups excluding carboxylic acids is 2. The number of hydrogen-bond acceptors (Lipinski definition) is 7. The van der Waals surface area contributed by atoms with Crippen LogP contribution in [0.5, 0.6) is 0 Å². The number of rotatable bonds is 8. The van der Waals surface area contributed by atoms with Gasteiger partial charge < -0.3 is 21.3 Å². The first-order valence-corrected chi connectivity index (χ1v) is 18.5. The molecule has 2 amide bonds. The third kappa shape index (κ3) is 10.5. The van der Waals surface area contributed by atoms with Crippen molar-refractivity contribution in [2.75, 3.05) is 63.8 Å². The molecule has 9 nitrogen and oxygen atoms in total. The second-order valence-corrected chi connectivity index (χ2v) is 14.6. The Morgan fingerprint density at radius 2 is 0.980 bits per heavy atom. The van der Waals surface area contributed by atoms with Gasteiger partial charge in [0.05, 0.1) is 24.5 Å². The highest BCUT2D eigenvalue weighted by molar-refractivity contribution is 5.78. The van der Waals surface area contributed by atoms with Crippen molar-refractivity contribution in [1.29, 1.82) is 0 Å². The molecule has 3 aliphatic rings. The molecule has 262 valence electrons. The molecule has 2 saturated heterocycles. The predicted molar refractivity (Wildman–Crippen MR) is 196 cm³/mol. The number of nitrogens with zero attached hydrogens (tertiary/aromatic N) is 5. The monoisotopic (exact) mass is 665 g/mol. The number of pyridine rings is 1. The number of amides is 2. The third-order valence-electron chi connectivity index (χ3n) is 10.7. The number of piperidine rings is 2. The number of hydrogen-bond donors (Lipinski definition) is 2. The molecule has 0 atom stereocenters. The lowest BCUT2D eigenvalue weighted by Gasteiger charge is -2.34. The van der Waals surface area contributed by atoms with Crippen LogP contribution < -0.4 is 11.5 Å². The molecular weight excluding hydrogens is 610 g/mol. The van der Waals surface area contributed by atoms with E-state index in [2.05, 4.69) is 62.1 Å². The second-order valence-electron chi connectivity index (χ2n) is 14.6. The van der Waals surface area contributed by atoms with Crippen molar-refractivity contribution in [2.24, 2.45) is 11.8 Å². The fourth-order valence-electron chi connectivity index (χ4n) is 7.77. The molecule has 0 radical (unpaired) electrons. The molecule has 4 N–H and O–H groups in total. The zero-order valence-corrected chi connectivity index (χ0v) is 29.1. The van der Waals surface area contributed by atoms with Gasteiger partial charge in [-0.3, -0.25) is 24.4 Å². The Kier molecular flexibility index (Phi) is 12.2. The Morgan fingerprint density at radius 3 is 1.39 bits per heavy atom. The highest BCUT2D eigenvalue weighted by Crippen LogP contribution is 2.24. The number of nitrogen functional groups attached to an aromatic ring is 2. The molecule has 3 aliphatic heterocycles. The first-order valence-electron chi connectivity index (χ1n) is 18.5. The maximum Gasteiger partial charge on any atom is 0.236 e. The van der Waals surface area contributed by atoms with Gasteiger partial charge in [-0.25, -0.2) is 0 Å². The van der Waals surface area contributed by atoms with E-state index in [0.29, 0.717) is 38.0 Å². The lowest BCUT2D eigenvalue weighted by Crippen LogP contribution is -2.45. The molecular formula is C40H55N7O2. The van der Waals surface area contributed by atoms with Gasteiger partial charge in [0, 0.05) is 50.6 Å². The molecule has 3 aromatic rings. The number of fused-ring (bicyclic) bond motifs is 2. The first-order chi connectivity index (χ1) is 23.9. The first kappa shape index (κ1) is 34.9. The van der Waals surface area contributed by atoms with E-state index < -0.39 is 0 Å².